The second kappa shape index (κ2) is 8.43. The Morgan fingerprint density at radius 1 is 1.06 bits per heavy atom. The van der Waals surface area contributed by atoms with Crippen LogP contribution in [0.5, 0.6) is 5.75 Å². The number of nitrogens with one attached hydrogen (secondary N) is 1. The summed E-state index contributed by atoms with van der Waals surface area (Å²) in [6, 6.07) is 9.06. The van der Waals surface area contributed by atoms with Crippen LogP contribution in [0.3, 0.4) is 0 Å². The molecule has 8 heteroatoms. The highest BCUT2D eigenvalue weighted by Crippen LogP contribution is 2.34. The Labute approximate surface area is 186 Å². The Hall–Kier alpha value is -3.13. The molecule has 0 saturated carbocycles. The topological polar surface area (TPSA) is 87.1 Å². The average molecular weight is 435 g/mol. The van der Waals surface area contributed by atoms with Gasteiger partial charge in [-0.25, -0.2) is 4.39 Å². The fourth-order valence-electron chi connectivity index (χ4n) is 4.83. The zero-order valence-corrected chi connectivity index (χ0v) is 18.2. The van der Waals surface area contributed by atoms with Gasteiger partial charge in [0, 0.05) is 36.5 Å². The predicted molar refractivity (Wildman–Crippen MR) is 121 cm³/mol. The lowest BCUT2D eigenvalue weighted by atomic mass is 9.82. The molecule has 2 saturated heterocycles. The average Bonchev–Trinajstić information content (AvgIpc) is 2.82. The van der Waals surface area contributed by atoms with Crippen molar-refractivity contribution in [1.82, 2.24) is 25.5 Å². The number of phenolic OH excluding ortho intramolecular Hbond substituents is 1. The van der Waals surface area contributed by atoms with E-state index in [1.165, 1.54) is 0 Å². The Morgan fingerprint density at radius 2 is 1.94 bits per heavy atom. The molecule has 3 aromatic rings. The number of piperidine rings is 2. The van der Waals surface area contributed by atoms with Gasteiger partial charge in [-0.2, -0.15) is 0 Å². The maximum atomic E-state index is 15.1. The van der Waals surface area contributed by atoms with Gasteiger partial charge < -0.3 is 15.3 Å². The molecule has 2 N–H and O–H groups in total. The summed E-state index contributed by atoms with van der Waals surface area (Å²) in [7, 11) is 1.89. The maximum Gasteiger partial charge on any atom is 0.151 e. The van der Waals surface area contributed by atoms with Crippen LogP contribution in [-0.4, -0.2) is 56.6 Å². The fraction of sp³-hybridized carbons (Fsp3) is 0.417. The summed E-state index contributed by atoms with van der Waals surface area (Å²) < 4.78 is 15.1. The minimum atomic E-state index is -0.931. The highest BCUT2D eigenvalue weighted by Gasteiger charge is 2.41. The number of halogens is 1. The molecule has 1 aromatic carbocycles. The number of phenols is 1. The second-order valence-electron chi connectivity index (χ2n) is 8.81. The lowest BCUT2D eigenvalue weighted by molar-refractivity contribution is 0.107. The number of hydrogen-bond donors (Lipinski definition) is 2. The first kappa shape index (κ1) is 20.8. The van der Waals surface area contributed by atoms with E-state index in [1.807, 2.05) is 37.1 Å². The zero-order valence-electron chi connectivity index (χ0n) is 18.2. The van der Waals surface area contributed by atoms with Crippen molar-refractivity contribution in [3.05, 3.63) is 48.4 Å². The zero-order chi connectivity index (χ0) is 22.2. The van der Waals surface area contributed by atoms with Gasteiger partial charge in [0.1, 0.15) is 11.9 Å². The molecule has 2 fully saturated rings. The van der Waals surface area contributed by atoms with E-state index in [2.05, 4.69) is 25.5 Å². The van der Waals surface area contributed by atoms with Gasteiger partial charge in [-0.1, -0.05) is 12.5 Å². The van der Waals surface area contributed by atoms with Crippen molar-refractivity contribution in [3.8, 4) is 28.3 Å². The summed E-state index contributed by atoms with van der Waals surface area (Å²) in [5, 5.41) is 22.7. The number of aryl methyl sites for hydroxylation is 1. The first-order chi connectivity index (χ1) is 15.5. The van der Waals surface area contributed by atoms with Gasteiger partial charge in [-0.05, 0) is 50.5 Å². The normalized spacial score (nSPS) is 24.8. The van der Waals surface area contributed by atoms with Crippen LogP contribution in [0.25, 0.3) is 22.5 Å². The number of aromatic hydroxyl groups is 1. The lowest BCUT2D eigenvalue weighted by Crippen LogP contribution is -2.61. The van der Waals surface area contributed by atoms with Crippen molar-refractivity contribution in [3.63, 3.8) is 0 Å². The van der Waals surface area contributed by atoms with Gasteiger partial charge >= 0.3 is 0 Å². The summed E-state index contributed by atoms with van der Waals surface area (Å²) >= 11 is 0. The van der Waals surface area contributed by atoms with E-state index < -0.39 is 6.17 Å². The summed E-state index contributed by atoms with van der Waals surface area (Å²) in [4.78, 5) is 10.5. The van der Waals surface area contributed by atoms with Gasteiger partial charge in [0.15, 0.2) is 5.82 Å². The van der Waals surface area contributed by atoms with Crippen LogP contribution in [-0.2, 0) is 0 Å². The summed E-state index contributed by atoms with van der Waals surface area (Å²) in [5.41, 5.74) is 3.43. The predicted octanol–water partition coefficient (Wildman–Crippen LogP) is 3.67. The molecule has 2 bridgehead atoms. The molecule has 2 aliphatic heterocycles. The summed E-state index contributed by atoms with van der Waals surface area (Å²) in [5.74, 6) is 0.725. The summed E-state index contributed by atoms with van der Waals surface area (Å²) in [6.45, 7) is 1.88. The Morgan fingerprint density at radius 3 is 2.66 bits per heavy atom. The van der Waals surface area contributed by atoms with E-state index >= 15 is 4.39 Å². The van der Waals surface area contributed by atoms with Gasteiger partial charge in [0.25, 0.3) is 0 Å². The molecule has 4 atom stereocenters. The second-order valence-corrected chi connectivity index (χ2v) is 8.81. The maximum absolute atomic E-state index is 15.1. The number of hydrogen-bond acceptors (Lipinski definition) is 7. The molecule has 0 unspecified atom stereocenters. The number of benzene rings is 1. The molecule has 166 valence electrons. The van der Waals surface area contributed by atoms with Crippen LogP contribution >= 0.6 is 0 Å². The van der Waals surface area contributed by atoms with Crippen LogP contribution in [0.1, 0.15) is 31.4 Å². The lowest BCUT2D eigenvalue weighted by Gasteiger charge is -2.46. The molecule has 2 aliphatic rings. The van der Waals surface area contributed by atoms with E-state index in [1.54, 1.807) is 24.5 Å². The smallest absolute Gasteiger partial charge is 0.151 e. The quantitative estimate of drug-likeness (QED) is 0.648. The Bertz CT molecular complexity index is 1090. The first-order valence-corrected chi connectivity index (χ1v) is 11.1. The largest absolute Gasteiger partial charge is 0.507 e. The van der Waals surface area contributed by atoms with Gasteiger partial charge in [0.2, 0.25) is 0 Å². The molecule has 2 aromatic heterocycles. The minimum Gasteiger partial charge on any atom is -0.507 e. The first-order valence-electron chi connectivity index (χ1n) is 11.1. The van der Waals surface area contributed by atoms with Crippen LogP contribution in [0.4, 0.5) is 10.2 Å². The van der Waals surface area contributed by atoms with Crippen molar-refractivity contribution in [2.75, 3.05) is 11.9 Å². The molecular weight excluding hydrogens is 407 g/mol. The standard InChI is InChI=1S/C24H27FN6O/c1-14-12-27-20(13-26-14)15-6-7-17(22(32)10-15)18-8-9-23(30-29-18)31(2)21-11-16-4-3-5-19(28-16)24(21)25/h6-10,12-13,16,19,21,24,28,32H,3-5,11H2,1-2H3/t16-,19+,21-,24+/m1/s1. The third kappa shape index (κ3) is 3.90. The molecular formula is C24H27FN6O. The highest BCUT2D eigenvalue weighted by molar-refractivity contribution is 5.72. The number of alkyl halides is 1. The Balaban J connectivity index is 1.35. The van der Waals surface area contributed by atoms with Crippen LogP contribution in [0.15, 0.2) is 42.7 Å². The van der Waals surface area contributed by atoms with E-state index in [0.29, 0.717) is 28.8 Å². The van der Waals surface area contributed by atoms with E-state index in [0.717, 1.165) is 36.9 Å². The number of fused-ring (bicyclic) bond motifs is 2. The van der Waals surface area contributed by atoms with Crippen molar-refractivity contribution in [2.24, 2.45) is 0 Å². The number of rotatable bonds is 4. The molecule has 0 radical (unpaired) electrons. The molecule has 0 amide bonds. The van der Waals surface area contributed by atoms with Crippen molar-refractivity contribution in [1.29, 1.82) is 0 Å². The van der Waals surface area contributed by atoms with E-state index in [4.69, 9.17) is 0 Å². The fourth-order valence-corrected chi connectivity index (χ4v) is 4.83. The minimum absolute atomic E-state index is 0.0733. The highest BCUT2D eigenvalue weighted by atomic mass is 19.1. The molecule has 4 heterocycles. The van der Waals surface area contributed by atoms with E-state index in [9.17, 15) is 5.11 Å². The van der Waals surface area contributed by atoms with Crippen LogP contribution in [0, 0.1) is 6.92 Å². The van der Waals surface area contributed by atoms with Gasteiger partial charge in [0.05, 0.1) is 29.3 Å². The van der Waals surface area contributed by atoms with Crippen molar-refractivity contribution < 1.29 is 9.50 Å². The number of aromatic nitrogens is 4. The Kier molecular flexibility index (Phi) is 5.46. The molecule has 5 rings (SSSR count). The third-order valence-corrected chi connectivity index (χ3v) is 6.66. The number of nitrogens with zero attached hydrogens (tertiary/aromatic N) is 5. The molecule has 0 spiro atoms. The molecule has 0 aliphatic carbocycles. The number of anilines is 1. The van der Waals surface area contributed by atoms with Crippen molar-refractivity contribution in [2.45, 2.75) is 56.9 Å². The van der Waals surface area contributed by atoms with Crippen LogP contribution in [0.2, 0.25) is 0 Å². The molecule has 32 heavy (non-hydrogen) atoms. The van der Waals surface area contributed by atoms with E-state index in [-0.39, 0.29) is 17.8 Å². The SMILES string of the molecule is Cc1cnc(-c2ccc(-c3ccc(N(C)[C@@H]4C[C@H]5CCC[C@H](N5)[C@@H]4F)nn3)c(O)c2)cn1. The molecule has 7 nitrogen and oxygen atoms in total. The third-order valence-electron chi connectivity index (χ3n) is 6.66. The van der Waals surface area contributed by atoms with Gasteiger partial charge in [-0.3, -0.25) is 9.97 Å². The van der Waals surface area contributed by atoms with Crippen LogP contribution < -0.4 is 10.2 Å². The summed E-state index contributed by atoms with van der Waals surface area (Å²) in [6.07, 6.45) is 6.28. The van der Waals surface area contributed by atoms with Crippen molar-refractivity contribution >= 4 is 5.82 Å². The van der Waals surface area contributed by atoms with Gasteiger partial charge in [-0.15, -0.1) is 10.2 Å². The monoisotopic (exact) mass is 434 g/mol.